The number of carbonyl (C=O) groups is 1. The second-order valence-corrected chi connectivity index (χ2v) is 7.07. The van der Waals surface area contributed by atoms with Crippen LogP contribution in [0.5, 0.6) is 0 Å². The van der Waals surface area contributed by atoms with Crippen molar-refractivity contribution in [2.45, 2.75) is 13.0 Å². The van der Waals surface area contributed by atoms with Crippen molar-refractivity contribution in [1.29, 1.82) is 0 Å². The molecule has 2 heterocycles. The Morgan fingerprint density at radius 3 is 2.41 bits per heavy atom. The molecule has 7 heteroatoms. The zero-order valence-electron chi connectivity index (χ0n) is 14.3. The number of amides is 1. The van der Waals surface area contributed by atoms with E-state index >= 15 is 0 Å². The summed E-state index contributed by atoms with van der Waals surface area (Å²) < 4.78 is 0. The molecule has 136 valence electrons. The molecule has 0 spiro atoms. The monoisotopic (exact) mass is 398 g/mol. The van der Waals surface area contributed by atoms with Crippen LogP contribution in [-0.4, -0.2) is 22.4 Å². The lowest BCUT2D eigenvalue weighted by molar-refractivity contribution is 0.102. The van der Waals surface area contributed by atoms with Gasteiger partial charge in [0.25, 0.3) is 5.91 Å². The summed E-state index contributed by atoms with van der Waals surface area (Å²) in [6.45, 7) is 1.65. The molecule has 1 aromatic heterocycles. The van der Waals surface area contributed by atoms with Gasteiger partial charge in [-0.2, -0.15) is 0 Å². The SMILES string of the molecule is O=C(Nc1c(Cl)cccc1Cl)c1cnc(N2CCc3ccccc3C2)cn1. The number of aromatic nitrogens is 2. The van der Waals surface area contributed by atoms with Crippen LogP contribution in [-0.2, 0) is 13.0 Å². The third kappa shape index (κ3) is 3.75. The Morgan fingerprint density at radius 2 is 1.70 bits per heavy atom. The van der Waals surface area contributed by atoms with Gasteiger partial charge in [0.2, 0.25) is 0 Å². The molecule has 0 unspecified atom stereocenters. The molecule has 4 rings (SSSR count). The lowest BCUT2D eigenvalue weighted by atomic mass is 10.0. The third-order valence-corrected chi connectivity index (χ3v) is 5.16. The smallest absolute Gasteiger partial charge is 0.275 e. The Labute approximate surface area is 167 Å². The minimum absolute atomic E-state index is 0.201. The molecule has 1 aliphatic heterocycles. The number of anilines is 2. The molecule has 27 heavy (non-hydrogen) atoms. The van der Waals surface area contributed by atoms with Crippen molar-refractivity contribution in [3.63, 3.8) is 0 Å². The number of hydrogen-bond donors (Lipinski definition) is 1. The molecule has 0 aliphatic carbocycles. The highest BCUT2D eigenvalue weighted by Gasteiger charge is 2.18. The molecular weight excluding hydrogens is 383 g/mol. The second-order valence-electron chi connectivity index (χ2n) is 6.25. The molecule has 0 saturated carbocycles. The van der Waals surface area contributed by atoms with Crippen molar-refractivity contribution in [3.8, 4) is 0 Å². The maximum atomic E-state index is 12.4. The Kier molecular flexibility index (Phi) is 4.97. The number of carbonyl (C=O) groups excluding carboxylic acids is 1. The minimum atomic E-state index is -0.409. The number of benzene rings is 2. The van der Waals surface area contributed by atoms with Gasteiger partial charge in [-0.05, 0) is 29.7 Å². The van der Waals surface area contributed by atoms with E-state index < -0.39 is 5.91 Å². The predicted molar refractivity (Wildman–Crippen MR) is 108 cm³/mol. The van der Waals surface area contributed by atoms with E-state index in [1.54, 1.807) is 24.4 Å². The lowest BCUT2D eigenvalue weighted by Gasteiger charge is -2.29. The van der Waals surface area contributed by atoms with Gasteiger partial charge in [-0.15, -0.1) is 0 Å². The third-order valence-electron chi connectivity index (χ3n) is 4.53. The van der Waals surface area contributed by atoms with Crippen LogP contribution in [0.15, 0.2) is 54.9 Å². The van der Waals surface area contributed by atoms with Gasteiger partial charge in [-0.3, -0.25) is 4.79 Å². The molecule has 0 radical (unpaired) electrons. The first kappa shape index (κ1) is 17.8. The average Bonchev–Trinajstić information content (AvgIpc) is 2.70. The number of nitrogens with zero attached hydrogens (tertiary/aromatic N) is 3. The van der Waals surface area contributed by atoms with Gasteiger partial charge in [-0.1, -0.05) is 53.5 Å². The maximum Gasteiger partial charge on any atom is 0.275 e. The highest BCUT2D eigenvalue weighted by Crippen LogP contribution is 2.30. The molecular formula is C20H16Cl2N4O. The summed E-state index contributed by atoms with van der Waals surface area (Å²) in [4.78, 5) is 23.3. The van der Waals surface area contributed by atoms with Crippen molar-refractivity contribution in [2.75, 3.05) is 16.8 Å². The molecule has 0 saturated heterocycles. The standard InChI is InChI=1S/C20H16Cl2N4O/c21-15-6-3-7-16(22)19(15)25-20(27)17-10-24-18(11-23-17)26-9-8-13-4-1-2-5-14(13)12-26/h1-7,10-11H,8-9,12H2,(H,25,27). The Morgan fingerprint density at radius 1 is 0.963 bits per heavy atom. The minimum Gasteiger partial charge on any atom is -0.351 e. The van der Waals surface area contributed by atoms with Crippen molar-refractivity contribution in [1.82, 2.24) is 9.97 Å². The fourth-order valence-corrected chi connectivity index (χ4v) is 3.58. The summed E-state index contributed by atoms with van der Waals surface area (Å²) in [5.74, 6) is 0.338. The molecule has 0 fully saturated rings. The second kappa shape index (κ2) is 7.55. The van der Waals surface area contributed by atoms with Crippen LogP contribution >= 0.6 is 23.2 Å². The van der Waals surface area contributed by atoms with Crippen molar-refractivity contribution < 1.29 is 4.79 Å². The van der Waals surface area contributed by atoms with Gasteiger partial charge in [-0.25, -0.2) is 9.97 Å². The van der Waals surface area contributed by atoms with E-state index in [-0.39, 0.29) is 5.69 Å². The summed E-state index contributed by atoms with van der Waals surface area (Å²) >= 11 is 12.2. The van der Waals surface area contributed by atoms with E-state index in [4.69, 9.17) is 23.2 Å². The summed E-state index contributed by atoms with van der Waals surface area (Å²) in [6.07, 6.45) is 4.05. The number of nitrogens with one attached hydrogen (secondary N) is 1. The topological polar surface area (TPSA) is 58.1 Å². The van der Waals surface area contributed by atoms with Crippen LogP contribution < -0.4 is 10.2 Å². The average molecular weight is 399 g/mol. The van der Waals surface area contributed by atoms with Crippen LogP contribution in [0.1, 0.15) is 21.6 Å². The van der Waals surface area contributed by atoms with E-state index in [1.165, 1.54) is 17.3 Å². The first-order valence-electron chi connectivity index (χ1n) is 8.51. The number of halogens is 2. The molecule has 1 N–H and O–H groups in total. The zero-order chi connectivity index (χ0) is 18.8. The number of fused-ring (bicyclic) bond motifs is 1. The van der Waals surface area contributed by atoms with Gasteiger partial charge in [0.05, 0.1) is 28.1 Å². The highest BCUT2D eigenvalue weighted by molar-refractivity contribution is 6.39. The summed E-state index contributed by atoms with van der Waals surface area (Å²) in [5.41, 5.74) is 3.23. The Bertz CT molecular complexity index is 971. The Balaban J connectivity index is 1.49. The normalized spacial score (nSPS) is 13.2. The molecule has 2 aromatic carbocycles. The van der Waals surface area contributed by atoms with E-state index in [0.29, 0.717) is 15.7 Å². The van der Waals surface area contributed by atoms with Gasteiger partial charge in [0.1, 0.15) is 11.5 Å². The molecule has 1 aliphatic rings. The molecule has 3 aromatic rings. The van der Waals surface area contributed by atoms with Crippen LogP contribution in [0.2, 0.25) is 10.0 Å². The first-order chi connectivity index (χ1) is 13.1. The number of hydrogen-bond acceptors (Lipinski definition) is 4. The predicted octanol–water partition coefficient (Wildman–Crippen LogP) is 4.60. The highest BCUT2D eigenvalue weighted by atomic mass is 35.5. The summed E-state index contributed by atoms with van der Waals surface area (Å²) in [5, 5.41) is 3.42. The number of rotatable bonds is 3. The number of para-hydroxylation sites is 1. The summed E-state index contributed by atoms with van der Waals surface area (Å²) in [6, 6.07) is 13.4. The van der Waals surface area contributed by atoms with Crippen molar-refractivity contribution >= 4 is 40.6 Å². The lowest BCUT2D eigenvalue weighted by Crippen LogP contribution is -2.31. The van der Waals surface area contributed by atoms with Gasteiger partial charge in [0.15, 0.2) is 0 Å². The zero-order valence-corrected chi connectivity index (χ0v) is 15.8. The van der Waals surface area contributed by atoms with E-state index in [9.17, 15) is 4.79 Å². The van der Waals surface area contributed by atoms with Crippen LogP contribution in [0, 0.1) is 0 Å². The van der Waals surface area contributed by atoms with Crippen molar-refractivity contribution in [2.24, 2.45) is 0 Å². The van der Waals surface area contributed by atoms with E-state index in [2.05, 4.69) is 38.4 Å². The molecule has 0 bridgehead atoms. The van der Waals surface area contributed by atoms with Gasteiger partial charge >= 0.3 is 0 Å². The van der Waals surface area contributed by atoms with E-state index in [0.717, 1.165) is 25.3 Å². The van der Waals surface area contributed by atoms with Crippen LogP contribution in [0.4, 0.5) is 11.5 Å². The summed E-state index contributed by atoms with van der Waals surface area (Å²) in [7, 11) is 0. The Hall–Kier alpha value is -2.63. The quantitative estimate of drug-likeness (QED) is 0.700. The van der Waals surface area contributed by atoms with E-state index in [1.807, 2.05) is 6.07 Å². The fraction of sp³-hybridized carbons (Fsp3) is 0.150. The van der Waals surface area contributed by atoms with Crippen LogP contribution in [0.3, 0.4) is 0 Å². The van der Waals surface area contributed by atoms with Crippen molar-refractivity contribution in [3.05, 3.63) is 81.7 Å². The largest absolute Gasteiger partial charge is 0.351 e. The van der Waals surface area contributed by atoms with Gasteiger partial charge < -0.3 is 10.2 Å². The maximum absolute atomic E-state index is 12.4. The molecule has 1 amide bonds. The fourth-order valence-electron chi connectivity index (χ4n) is 3.09. The molecule has 5 nitrogen and oxygen atoms in total. The first-order valence-corrected chi connectivity index (χ1v) is 9.26. The van der Waals surface area contributed by atoms with Crippen LogP contribution in [0.25, 0.3) is 0 Å². The van der Waals surface area contributed by atoms with Gasteiger partial charge in [0, 0.05) is 13.1 Å². The molecule has 0 atom stereocenters.